The Morgan fingerprint density at radius 1 is 0.912 bits per heavy atom. The van der Waals surface area contributed by atoms with Crippen LogP contribution in [0.3, 0.4) is 0 Å². The largest absolute Gasteiger partial charge is 0.483 e. The van der Waals surface area contributed by atoms with Gasteiger partial charge in [0.15, 0.2) is 6.61 Å². The SMILES string of the molecule is CC(C)C[C@H](C(=O)O)c1cc(OCC(F)(F)F)c(C(F)(F)F)c(-c2ccc(C(F)(F)F)cc2)c1. The Morgan fingerprint density at radius 2 is 1.47 bits per heavy atom. The summed E-state index contributed by atoms with van der Waals surface area (Å²) in [6.45, 7) is 1.18. The van der Waals surface area contributed by atoms with Crippen LogP contribution in [-0.2, 0) is 17.1 Å². The third kappa shape index (κ3) is 7.04. The van der Waals surface area contributed by atoms with Gasteiger partial charge in [0.1, 0.15) is 11.3 Å². The lowest BCUT2D eigenvalue weighted by Gasteiger charge is -2.23. The Hall–Kier alpha value is -2.92. The van der Waals surface area contributed by atoms with Gasteiger partial charge in [0.25, 0.3) is 0 Å². The minimum atomic E-state index is -5.27. The molecule has 0 amide bonds. The van der Waals surface area contributed by atoms with E-state index in [9.17, 15) is 49.4 Å². The number of carboxylic acid groups (broad SMARTS) is 1. The summed E-state index contributed by atoms with van der Waals surface area (Å²) in [7, 11) is 0. The van der Waals surface area contributed by atoms with Gasteiger partial charge in [-0.2, -0.15) is 39.5 Å². The number of ether oxygens (including phenoxy) is 1. The van der Waals surface area contributed by atoms with Gasteiger partial charge < -0.3 is 9.84 Å². The van der Waals surface area contributed by atoms with Crippen LogP contribution in [0.1, 0.15) is 42.9 Å². The molecule has 0 unspecified atom stereocenters. The van der Waals surface area contributed by atoms with Gasteiger partial charge in [-0.25, -0.2) is 0 Å². The van der Waals surface area contributed by atoms with Gasteiger partial charge in [-0.15, -0.1) is 0 Å². The van der Waals surface area contributed by atoms with Crippen molar-refractivity contribution in [3.05, 3.63) is 53.1 Å². The van der Waals surface area contributed by atoms with Crippen LogP contribution in [-0.4, -0.2) is 23.9 Å². The zero-order valence-corrected chi connectivity index (χ0v) is 17.7. The molecule has 188 valence electrons. The van der Waals surface area contributed by atoms with Gasteiger partial charge in [-0.05, 0) is 53.3 Å². The molecule has 34 heavy (non-hydrogen) atoms. The number of aliphatic carboxylic acids is 1. The standard InChI is InChI=1S/C22H19F9O3/c1-11(2)7-16(19(32)33)13-8-15(12-3-5-14(6-4-12)21(26,27)28)18(22(29,30)31)17(9-13)34-10-20(23,24)25/h3-6,8-9,11,16H,7,10H2,1-2H3,(H,32,33)/t16-/m0/s1. The maximum absolute atomic E-state index is 13.9. The van der Waals surface area contributed by atoms with Gasteiger partial charge in [-0.1, -0.05) is 26.0 Å². The molecule has 0 aromatic heterocycles. The molecule has 0 spiro atoms. The van der Waals surface area contributed by atoms with Crippen molar-refractivity contribution < 1.29 is 54.2 Å². The molecule has 0 aliphatic carbocycles. The number of rotatable bonds is 7. The van der Waals surface area contributed by atoms with Gasteiger partial charge in [0, 0.05) is 0 Å². The van der Waals surface area contributed by atoms with Crippen molar-refractivity contribution >= 4 is 5.97 Å². The highest BCUT2D eigenvalue weighted by Gasteiger charge is 2.40. The van der Waals surface area contributed by atoms with Crippen LogP contribution < -0.4 is 4.74 Å². The average molecular weight is 502 g/mol. The number of hydrogen-bond donors (Lipinski definition) is 1. The number of halogens is 9. The van der Waals surface area contributed by atoms with Crippen LogP contribution in [0.25, 0.3) is 11.1 Å². The molecule has 2 rings (SSSR count). The van der Waals surface area contributed by atoms with E-state index in [0.29, 0.717) is 18.2 Å². The third-order valence-electron chi connectivity index (χ3n) is 4.73. The van der Waals surface area contributed by atoms with Crippen molar-refractivity contribution in [1.29, 1.82) is 0 Å². The van der Waals surface area contributed by atoms with Crippen molar-refractivity contribution in [2.24, 2.45) is 5.92 Å². The van der Waals surface area contributed by atoms with Crippen molar-refractivity contribution in [3.63, 3.8) is 0 Å². The molecule has 2 aromatic carbocycles. The van der Waals surface area contributed by atoms with E-state index in [0.717, 1.165) is 18.2 Å². The first-order valence-electron chi connectivity index (χ1n) is 9.75. The van der Waals surface area contributed by atoms with Crippen LogP contribution in [0.5, 0.6) is 5.75 Å². The summed E-state index contributed by atoms with van der Waals surface area (Å²) in [6, 6.07) is 3.88. The molecule has 3 nitrogen and oxygen atoms in total. The molecule has 1 N–H and O–H groups in total. The highest BCUT2D eigenvalue weighted by Crippen LogP contribution is 2.46. The van der Waals surface area contributed by atoms with Crippen LogP contribution in [0.2, 0.25) is 0 Å². The summed E-state index contributed by atoms with van der Waals surface area (Å²) in [5.41, 5.74) is -4.30. The Balaban J connectivity index is 2.82. The van der Waals surface area contributed by atoms with Crippen molar-refractivity contribution in [3.8, 4) is 16.9 Å². The second-order valence-electron chi connectivity index (χ2n) is 7.94. The number of hydrogen-bond acceptors (Lipinski definition) is 2. The second-order valence-corrected chi connectivity index (χ2v) is 7.94. The Kier molecular flexibility index (Phi) is 7.84. The fraction of sp³-hybridized carbons (Fsp3) is 0.409. The first kappa shape index (κ1) is 27.3. The minimum absolute atomic E-state index is 0.0636. The lowest BCUT2D eigenvalue weighted by Crippen LogP contribution is -2.22. The summed E-state index contributed by atoms with van der Waals surface area (Å²) in [6.07, 6.45) is -15.1. The monoisotopic (exact) mass is 502 g/mol. The lowest BCUT2D eigenvalue weighted by atomic mass is 9.86. The van der Waals surface area contributed by atoms with Crippen LogP contribution in [0.4, 0.5) is 39.5 Å². The zero-order valence-electron chi connectivity index (χ0n) is 17.7. The average Bonchev–Trinajstić information content (AvgIpc) is 2.67. The molecule has 0 saturated heterocycles. The number of benzene rings is 2. The molecule has 0 aliphatic rings. The first-order chi connectivity index (χ1) is 15.4. The lowest BCUT2D eigenvalue weighted by molar-refractivity contribution is -0.158. The van der Waals surface area contributed by atoms with E-state index in [-0.39, 0.29) is 17.9 Å². The summed E-state index contributed by atoms with van der Waals surface area (Å²) < 4.78 is 123. The molecule has 0 aliphatic heterocycles. The summed E-state index contributed by atoms with van der Waals surface area (Å²) in [5.74, 6) is -4.36. The van der Waals surface area contributed by atoms with Gasteiger partial charge in [0.2, 0.25) is 0 Å². The molecule has 0 heterocycles. The fourth-order valence-electron chi connectivity index (χ4n) is 3.32. The van der Waals surface area contributed by atoms with Crippen molar-refractivity contribution in [1.82, 2.24) is 0 Å². The summed E-state index contributed by atoms with van der Waals surface area (Å²) in [4.78, 5) is 11.8. The van der Waals surface area contributed by atoms with Gasteiger partial charge in [0.05, 0.1) is 11.5 Å². The zero-order chi connectivity index (χ0) is 26.1. The smallest absolute Gasteiger partial charge is 0.422 e. The molecule has 0 radical (unpaired) electrons. The molecular weight excluding hydrogens is 483 g/mol. The van der Waals surface area contributed by atoms with E-state index in [1.807, 2.05) is 0 Å². The van der Waals surface area contributed by atoms with Gasteiger partial charge >= 0.3 is 24.5 Å². The van der Waals surface area contributed by atoms with Crippen LogP contribution in [0, 0.1) is 5.92 Å². The quantitative estimate of drug-likeness (QED) is 0.398. The maximum Gasteiger partial charge on any atom is 0.422 e. The molecule has 0 fully saturated rings. The Morgan fingerprint density at radius 3 is 1.88 bits per heavy atom. The highest BCUT2D eigenvalue weighted by atomic mass is 19.4. The van der Waals surface area contributed by atoms with Gasteiger partial charge in [-0.3, -0.25) is 4.79 Å². The van der Waals surface area contributed by atoms with Crippen LogP contribution >= 0.6 is 0 Å². The molecule has 0 bridgehead atoms. The topological polar surface area (TPSA) is 46.5 Å². The van der Waals surface area contributed by atoms with Crippen molar-refractivity contribution in [2.45, 2.75) is 44.7 Å². The summed E-state index contributed by atoms with van der Waals surface area (Å²) >= 11 is 0. The first-order valence-corrected chi connectivity index (χ1v) is 9.75. The fourth-order valence-corrected chi connectivity index (χ4v) is 3.32. The minimum Gasteiger partial charge on any atom is -0.483 e. The number of alkyl halides is 9. The molecule has 1 atom stereocenters. The van der Waals surface area contributed by atoms with E-state index < -0.39 is 65.0 Å². The van der Waals surface area contributed by atoms with E-state index in [1.54, 1.807) is 13.8 Å². The number of carboxylic acids is 1. The Bertz CT molecular complexity index is 1000. The highest BCUT2D eigenvalue weighted by molar-refractivity contribution is 5.79. The predicted octanol–water partition coefficient (Wildman–Crippen LogP) is 7.55. The van der Waals surface area contributed by atoms with Crippen molar-refractivity contribution in [2.75, 3.05) is 6.61 Å². The second kappa shape index (κ2) is 9.75. The normalized spacial score (nSPS) is 13.8. The Labute approximate surface area is 188 Å². The third-order valence-corrected chi connectivity index (χ3v) is 4.73. The molecule has 12 heteroatoms. The van der Waals surface area contributed by atoms with E-state index in [4.69, 9.17) is 0 Å². The predicted molar refractivity (Wildman–Crippen MR) is 103 cm³/mol. The van der Waals surface area contributed by atoms with E-state index in [1.165, 1.54) is 0 Å². The molecule has 0 saturated carbocycles. The number of carbonyl (C=O) groups is 1. The van der Waals surface area contributed by atoms with Crippen LogP contribution in [0.15, 0.2) is 36.4 Å². The maximum atomic E-state index is 13.9. The van der Waals surface area contributed by atoms with E-state index in [2.05, 4.69) is 4.74 Å². The van der Waals surface area contributed by atoms with E-state index >= 15 is 0 Å². The molecular formula is C22H19F9O3. The summed E-state index contributed by atoms with van der Waals surface area (Å²) in [5, 5.41) is 9.57. The molecule has 2 aromatic rings.